The van der Waals surface area contributed by atoms with E-state index in [0.29, 0.717) is 11.8 Å². The first-order valence-electron chi connectivity index (χ1n) is 8.81. The molecule has 3 heterocycles. The third-order valence-electron chi connectivity index (χ3n) is 5.04. The zero-order chi connectivity index (χ0) is 16.5. The van der Waals surface area contributed by atoms with E-state index in [4.69, 9.17) is 0 Å². The molecule has 4 rings (SSSR count). The molecular weight excluding hydrogens is 302 g/mol. The Hall–Kier alpha value is -2.24. The molecule has 1 aliphatic heterocycles. The topological polar surface area (TPSA) is 63.9 Å². The lowest BCUT2D eigenvalue weighted by atomic mass is 9.97. The number of piperidine rings is 1. The zero-order valence-corrected chi connectivity index (χ0v) is 14.1. The SMILES string of the molecule is Cc1cc(N2CCC(Cn3nc(C4CC4)ccc3=O)CC2)ncn1. The summed E-state index contributed by atoms with van der Waals surface area (Å²) < 4.78 is 1.68. The van der Waals surface area contributed by atoms with Crippen molar-refractivity contribution in [2.75, 3.05) is 18.0 Å². The molecule has 0 atom stereocenters. The van der Waals surface area contributed by atoms with Gasteiger partial charge in [0, 0.05) is 43.4 Å². The molecule has 0 bridgehead atoms. The first-order chi connectivity index (χ1) is 11.7. The van der Waals surface area contributed by atoms with Crippen LogP contribution < -0.4 is 10.5 Å². The summed E-state index contributed by atoms with van der Waals surface area (Å²) in [5, 5.41) is 4.59. The monoisotopic (exact) mass is 325 g/mol. The van der Waals surface area contributed by atoms with E-state index in [2.05, 4.69) is 20.0 Å². The predicted molar refractivity (Wildman–Crippen MR) is 92.2 cm³/mol. The second-order valence-corrected chi connectivity index (χ2v) is 7.00. The number of hydrogen-bond acceptors (Lipinski definition) is 5. The molecule has 2 fully saturated rings. The van der Waals surface area contributed by atoms with Gasteiger partial charge in [-0.05, 0) is 44.6 Å². The molecule has 24 heavy (non-hydrogen) atoms. The molecule has 0 spiro atoms. The summed E-state index contributed by atoms with van der Waals surface area (Å²) in [7, 11) is 0. The fourth-order valence-corrected chi connectivity index (χ4v) is 3.39. The molecule has 1 saturated heterocycles. The minimum atomic E-state index is 0.0215. The molecule has 6 nitrogen and oxygen atoms in total. The Bertz CT molecular complexity index is 775. The van der Waals surface area contributed by atoms with Gasteiger partial charge in [-0.2, -0.15) is 5.10 Å². The van der Waals surface area contributed by atoms with E-state index in [1.165, 1.54) is 12.8 Å². The third kappa shape index (κ3) is 3.32. The molecular formula is C18H23N5O. The third-order valence-corrected chi connectivity index (χ3v) is 5.04. The van der Waals surface area contributed by atoms with Crippen molar-refractivity contribution in [2.24, 2.45) is 5.92 Å². The van der Waals surface area contributed by atoms with E-state index in [-0.39, 0.29) is 5.56 Å². The minimum Gasteiger partial charge on any atom is -0.356 e. The van der Waals surface area contributed by atoms with Crippen LogP contribution in [0, 0.1) is 12.8 Å². The van der Waals surface area contributed by atoms with Crippen molar-refractivity contribution in [3.8, 4) is 0 Å². The molecule has 0 N–H and O–H groups in total. The van der Waals surface area contributed by atoms with E-state index in [9.17, 15) is 4.79 Å². The van der Waals surface area contributed by atoms with Crippen LogP contribution in [0.2, 0.25) is 0 Å². The van der Waals surface area contributed by atoms with Gasteiger partial charge in [-0.3, -0.25) is 4.79 Å². The van der Waals surface area contributed by atoms with E-state index in [1.807, 2.05) is 19.1 Å². The van der Waals surface area contributed by atoms with Gasteiger partial charge < -0.3 is 4.90 Å². The first kappa shape index (κ1) is 15.3. The van der Waals surface area contributed by atoms with Crippen LogP contribution in [0.15, 0.2) is 29.3 Å². The van der Waals surface area contributed by atoms with Crippen LogP contribution in [0.5, 0.6) is 0 Å². The zero-order valence-electron chi connectivity index (χ0n) is 14.1. The summed E-state index contributed by atoms with van der Waals surface area (Å²) in [4.78, 5) is 22.9. The second-order valence-electron chi connectivity index (χ2n) is 7.00. The lowest BCUT2D eigenvalue weighted by Gasteiger charge is -2.32. The molecule has 0 unspecified atom stereocenters. The number of aromatic nitrogens is 4. The number of nitrogens with zero attached hydrogens (tertiary/aromatic N) is 5. The smallest absolute Gasteiger partial charge is 0.266 e. The van der Waals surface area contributed by atoms with Crippen molar-refractivity contribution in [2.45, 2.75) is 45.1 Å². The molecule has 1 aliphatic carbocycles. The summed E-state index contributed by atoms with van der Waals surface area (Å²) in [5.74, 6) is 2.09. The fraction of sp³-hybridized carbons (Fsp3) is 0.556. The highest BCUT2D eigenvalue weighted by Gasteiger charge is 2.26. The molecule has 0 radical (unpaired) electrons. The summed E-state index contributed by atoms with van der Waals surface area (Å²) in [6.45, 7) is 4.66. The van der Waals surface area contributed by atoms with Crippen molar-refractivity contribution < 1.29 is 0 Å². The van der Waals surface area contributed by atoms with Crippen LogP contribution in [-0.4, -0.2) is 32.8 Å². The Morgan fingerprint density at radius 2 is 1.92 bits per heavy atom. The van der Waals surface area contributed by atoms with Crippen molar-refractivity contribution in [3.63, 3.8) is 0 Å². The van der Waals surface area contributed by atoms with Crippen molar-refractivity contribution in [1.29, 1.82) is 0 Å². The quantitative estimate of drug-likeness (QED) is 0.862. The van der Waals surface area contributed by atoms with Crippen LogP contribution in [0.25, 0.3) is 0 Å². The fourth-order valence-electron chi connectivity index (χ4n) is 3.39. The Morgan fingerprint density at radius 3 is 2.62 bits per heavy atom. The van der Waals surface area contributed by atoms with Crippen LogP contribution in [0.1, 0.15) is 43.0 Å². The van der Waals surface area contributed by atoms with Crippen LogP contribution in [0.4, 0.5) is 5.82 Å². The Balaban J connectivity index is 1.40. The number of hydrogen-bond donors (Lipinski definition) is 0. The van der Waals surface area contributed by atoms with Gasteiger partial charge in [0.15, 0.2) is 0 Å². The maximum Gasteiger partial charge on any atom is 0.266 e. The van der Waals surface area contributed by atoms with Crippen molar-refractivity contribution >= 4 is 5.82 Å². The average Bonchev–Trinajstić information content (AvgIpc) is 3.43. The maximum absolute atomic E-state index is 12.1. The molecule has 0 aromatic carbocycles. The highest BCUT2D eigenvalue weighted by atomic mass is 16.1. The van der Waals surface area contributed by atoms with Crippen LogP contribution >= 0.6 is 0 Å². The molecule has 1 saturated carbocycles. The van der Waals surface area contributed by atoms with Gasteiger partial charge in [0.05, 0.1) is 5.69 Å². The van der Waals surface area contributed by atoms with E-state index in [0.717, 1.165) is 49.7 Å². The largest absolute Gasteiger partial charge is 0.356 e. The number of anilines is 1. The van der Waals surface area contributed by atoms with Crippen LogP contribution in [0.3, 0.4) is 0 Å². The molecule has 126 valence electrons. The lowest BCUT2D eigenvalue weighted by molar-refractivity contribution is 0.333. The van der Waals surface area contributed by atoms with Crippen molar-refractivity contribution in [1.82, 2.24) is 19.7 Å². The normalized spacial score (nSPS) is 18.8. The predicted octanol–water partition coefficient (Wildman–Crippen LogP) is 2.14. The lowest BCUT2D eigenvalue weighted by Crippen LogP contribution is -2.37. The average molecular weight is 325 g/mol. The molecule has 0 amide bonds. The number of rotatable bonds is 4. The van der Waals surface area contributed by atoms with Gasteiger partial charge in [-0.1, -0.05) is 0 Å². The standard InChI is InChI=1S/C18H23N5O/c1-13-10-17(20-12-19-13)22-8-6-14(7-9-22)11-23-18(24)5-4-16(21-23)15-2-3-15/h4-5,10,12,14-15H,2-3,6-9,11H2,1H3. The van der Waals surface area contributed by atoms with Crippen molar-refractivity contribution in [3.05, 3.63) is 46.3 Å². The summed E-state index contributed by atoms with van der Waals surface area (Å²) in [6.07, 6.45) is 6.17. The molecule has 2 aromatic rings. The van der Waals surface area contributed by atoms with E-state index < -0.39 is 0 Å². The number of aryl methyl sites for hydroxylation is 1. The van der Waals surface area contributed by atoms with Gasteiger partial charge >= 0.3 is 0 Å². The second kappa shape index (κ2) is 6.34. The Morgan fingerprint density at radius 1 is 1.12 bits per heavy atom. The van der Waals surface area contributed by atoms with Gasteiger partial charge in [-0.15, -0.1) is 0 Å². The highest BCUT2D eigenvalue weighted by Crippen LogP contribution is 2.38. The van der Waals surface area contributed by atoms with Crippen LogP contribution in [-0.2, 0) is 6.54 Å². The molecule has 2 aliphatic rings. The van der Waals surface area contributed by atoms with Gasteiger partial charge in [0.1, 0.15) is 12.1 Å². The summed E-state index contributed by atoms with van der Waals surface area (Å²) in [5.41, 5.74) is 2.10. The van der Waals surface area contributed by atoms with Gasteiger partial charge in [0.25, 0.3) is 5.56 Å². The van der Waals surface area contributed by atoms with Gasteiger partial charge in [-0.25, -0.2) is 14.6 Å². The molecule has 6 heteroatoms. The minimum absolute atomic E-state index is 0.0215. The summed E-state index contributed by atoms with van der Waals surface area (Å²) in [6, 6.07) is 5.61. The van der Waals surface area contributed by atoms with E-state index >= 15 is 0 Å². The maximum atomic E-state index is 12.1. The summed E-state index contributed by atoms with van der Waals surface area (Å²) >= 11 is 0. The van der Waals surface area contributed by atoms with E-state index in [1.54, 1.807) is 17.1 Å². The Kier molecular flexibility index (Phi) is 4.04. The first-order valence-corrected chi connectivity index (χ1v) is 8.81. The Labute approximate surface area is 141 Å². The van der Waals surface area contributed by atoms with Gasteiger partial charge in [0.2, 0.25) is 0 Å². The highest BCUT2D eigenvalue weighted by molar-refractivity contribution is 5.38. The molecule has 2 aromatic heterocycles.